The van der Waals surface area contributed by atoms with Crippen LogP contribution in [-0.4, -0.2) is 25.3 Å². The number of hydrogen-bond acceptors (Lipinski definition) is 6. The highest BCUT2D eigenvalue weighted by molar-refractivity contribution is 7.92. The number of benzene rings is 2. The van der Waals surface area contributed by atoms with Gasteiger partial charge in [-0.3, -0.25) is 14.8 Å². The first kappa shape index (κ1) is 19.3. The summed E-state index contributed by atoms with van der Waals surface area (Å²) in [7, 11) is -3.98. The molecule has 1 amide bonds. The Morgan fingerprint density at radius 2 is 1.68 bits per heavy atom. The van der Waals surface area contributed by atoms with Crippen molar-refractivity contribution in [2.45, 2.75) is 18.7 Å². The van der Waals surface area contributed by atoms with Crippen LogP contribution in [0.5, 0.6) is 0 Å². The molecule has 1 aromatic heterocycles. The summed E-state index contributed by atoms with van der Waals surface area (Å²) in [6.07, 6.45) is 0. The summed E-state index contributed by atoms with van der Waals surface area (Å²) in [6.45, 7) is 4.00. The van der Waals surface area contributed by atoms with Gasteiger partial charge in [-0.1, -0.05) is 44.2 Å². The number of hydrogen-bond donors (Lipinski definition) is 3. The van der Waals surface area contributed by atoms with Crippen molar-refractivity contribution in [1.82, 2.24) is 10.3 Å². The molecule has 3 aromatic rings. The van der Waals surface area contributed by atoms with Gasteiger partial charge in [0.1, 0.15) is 10.7 Å². The molecule has 0 unspecified atom stereocenters. The van der Waals surface area contributed by atoms with Crippen LogP contribution < -0.4 is 15.8 Å². The van der Waals surface area contributed by atoms with Gasteiger partial charge in [-0.05, 0) is 24.3 Å². The first-order valence-corrected chi connectivity index (χ1v) is 10.1. The van der Waals surface area contributed by atoms with Gasteiger partial charge in [0.05, 0.1) is 16.8 Å². The van der Waals surface area contributed by atoms with E-state index >= 15 is 0 Å². The molecule has 0 radical (unpaired) electrons. The largest absolute Gasteiger partial charge is 0.369 e. The Morgan fingerprint density at radius 1 is 1.00 bits per heavy atom. The minimum Gasteiger partial charge on any atom is -0.369 e. The van der Waals surface area contributed by atoms with Gasteiger partial charge < -0.3 is 5.73 Å². The van der Waals surface area contributed by atoms with E-state index < -0.39 is 15.9 Å². The molecule has 0 fully saturated rings. The van der Waals surface area contributed by atoms with E-state index in [-0.39, 0.29) is 27.9 Å². The van der Waals surface area contributed by atoms with Crippen LogP contribution in [0.3, 0.4) is 0 Å². The van der Waals surface area contributed by atoms with Crippen LogP contribution in [0, 0.1) is 0 Å². The van der Waals surface area contributed by atoms with E-state index in [1.165, 1.54) is 18.2 Å². The molecule has 2 bridgehead atoms. The second kappa shape index (κ2) is 7.65. The molecule has 28 heavy (non-hydrogen) atoms. The van der Waals surface area contributed by atoms with E-state index in [9.17, 15) is 13.2 Å². The van der Waals surface area contributed by atoms with Crippen molar-refractivity contribution in [1.29, 1.82) is 0 Å². The lowest BCUT2D eigenvalue weighted by molar-refractivity contribution is 0.0978. The van der Waals surface area contributed by atoms with E-state index in [4.69, 9.17) is 5.73 Å². The number of guanidine groups is 1. The maximum absolute atomic E-state index is 12.8. The van der Waals surface area contributed by atoms with Gasteiger partial charge in [0.25, 0.3) is 15.9 Å². The van der Waals surface area contributed by atoms with Crippen LogP contribution in [0.2, 0.25) is 0 Å². The fourth-order valence-corrected chi connectivity index (χ4v) is 3.86. The number of rotatable bonds is 0. The van der Waals surface area contributed by atoms with Crippen molar-refractivity contribution in [2.24, 2.45) is 10.7 Å². The monoisotopic (exact) mass is 397 g/mol. The molecule has 0 atom stereocenters. The van der Waals surface area contributed by atoms with Gasteiger partial charge >= 0.3 is 0 Å². The first-order valence-electron chi connectivity index (χ1n) is 8.61. The van der Waals surface area contributed by atoms with Crippen molar-refractivity contribution in [3.8, 4) is 0 Å². The normalized spacial score (nSPS) is 14.9. The highest BCUT2D eigenvalue weighted by Crippen LogP contribution is 2.28. The summed E-state index contributed by atoms with van der Waals surface area (Å²) in [5.41, 5.74) is 6.62. The van der Waals surface area contributed by atoms with Crippen LogP contribution in [0.1, 0.15) is 24.2 Å². The molecule has 2 aromatic carbocycles. The summed E-state index contributed by atoms with van der Waals surface area (Å²) in [5, 5.41) is 3.05. The molecule has 0 saturated carbocycles. The Hall–Kier alpha value is -3.46. The number of aliphatic imine (C=N–C) groups is 1. The number of para-hydroxylation sites is 2. The number of nitrogens with zero attached hydrogens (tertiary/aromatic N) is 2. The van der Waals surface area contributed by atoms with Crippen LogP contribution in [0.15, 0.2) is 64.5 Å². The second-order valence-corrected chi connectivity index (χ2v) is 7.25. The molecular weight excluding hydrogens is 378 g/mol. The number of sulfonamides is 1. The highest BCUT2D eigenvalue weighted by Gasteiger charge is 2.22. The predicted molar refractivity (Wildman–Crippen MR) is 109 cm³/mol. The number of anilines is 1. The molecule has 1 aliphatic heterocycles. The average Bonchev–Trinajstić information content (AvgIpc) is 2.69. The Balaban J connectivity index is 0.00000109. The molecule has 0 aliphatic carbocycles. The van der Waals surface area contributed by atoms with Gasteiger partial charge in [0.15, 0.2) is 0 Å². The van der Waals surface area contributed by atoms with Crippen molar-refractivity contribution in [2.75, 3.05) is 4.72 Å². The summed E-state index contributed by atoms with van der Waals surface area (Å²) in [4.78, 5) is 20.9. The van der Waals surface area contributed by atoms with Crippen LogP contribution in [0.4, 0.5) is 11.5 Å². The van der Waals surface area contributed by atoms with Crippen molar-refractivity contribution in [3.63, 3.8) is 0 Å². The minimum absolute atomic E-state index is 0.0316. The van der Waals surface area contributed by atoms with Crippen molar-refractivity contribution >= 4 is 44.3 Å². The van der Waals surface area contributed by atoms with E-state index in [0.717, 1.165) is 0 Å². The Kier molecular flexibility index (Phi) is 5.27. The smallest absolute Gasteiger partial charge is 0.265 e. The fourth-order valence-electron chi connectivity index (χ4n) is 2.73. The van der Waals surface area contributed by atoms with Gasteiger partial charge in [-0.15, -0.1) is 0 Å². The summed E-state index contributed by atoms with van der Waals surface area (Å²) >= 11 is 0. The van der Waals surface area contributed by atoms with Crippen molar-refractivity contribution < 1.29 is 13.2 Å². The van der Waals surface area contributed by atoms with Crippen molar-refractivity contribution in [3.05, 3.63) is 60.2 Å². The number of amides is 1. The number of fused-ring (bicyclic) bond motifs is 5. The van der Waals surface area contributed by atoms with E-state index in [0.29, 0.717) is 10.9 Å². The van der Waals surface area contributed by atoms with Gasteiger partial charge in [0.2, 0.25) is 5.96 Å². The number of nitrogens with one attached hydrogen (secondary N) is 2. The number of carbonyl (C=O) groups is 1. The average molecular weight is 397 g/mol. The third-order valence-electron chi connectivity index (χ3n) is 3.84. The maximum atomic E-state index is 12.8. The lowest BCUT2D eigenvalue weighted by Crippen LogP contribution is -2.36. The topological polar surface area (TPSA) is 127 Å². The third-order valence-corrected chi connectivity index (χ3v) is 5.24. The molecule has 9 heteroatoms. The Labute approximate surface area is 162 Å². The maximum Gasteiger partial charge on any atom is 0.265 e. The predicted octanol–water partition coefficient (Wildman–Crippen LogP) is 2.75. The molecule has 0 saturated heterocycles. The summed E-state index contributed by atoms with van der Waals surface area (Å²) < 4.78 is 28.0. The van der Waals surface area contributed by atoms with Gasteiger partial charge in [-0.2, -0.15) is 0 Å². The molecule has 2 heterocycles. The number of nitrogens with two attached hydrogens (primary N) is 1. The SMILES string of the molecule is CC.NC1=Nc2ccccc2S(=O)(=O)Nc2cc(c3ccccc3n2)C(=O)N1. The minimum atomic E-state index is -3.98. The van der Waals surface area contributed by atoms with E-state index in [1.54, 1.807) is 36.4 Å². The lowest BCUT2D eigenvalue weighted by Gasteiger charge is -2.11. The summed E-state index contributed by atoms with van der Waals surface area (Å²) in [5.74, 6) is -0.684. The van der Waals surface area contributed by atoms with Crippen LogP contribution in [0.25, 0.3) is 10.9 Å². The van der Waals surface area contributed by atoms with E-state index in [1.807, 2.05) is 13.8 Å². The molecule has 4 rings (SSSR count). The molecule has 8 nitrogen and oxygen atoms in total. The van der Waals surface area contributed by atoms with Crippen LogP contribution in [-0.2, 0) is 10.0 Å². The van der Waals surface area contributed by atoms with Crippen LogP contribution >= 0.6 is 0 Å². The standard InChI is InChI=1S/C17H13N5O3S.C2H6/c18-17-20-13-7-3-4-8-14(13)26(24,25)22-15-9-11(16(23)21-17)10-5-1-2-6-12(10)19-15;1-2/h1-9H,(H,19,22)(H3,18,20,21,23);1-2H3. The molecule has 0 spiro atoms. The number of aromatic nitrogens is 1. The van der Waals surface area contributed by atoms with Gasteiger partial charge in [0, 0.05) is 5.39 Å². The lowest BCUT2D eigenvalue weighted by atomic mass is 10.1. The zero-order valence-electron chi connectivity index (χ0n) is 15.3. The number of pyridine rings is 1. The molecular formula is C19H19N5O3S. The first-order chi connectivity index (χ1) is 13.4. The fraction of sp³-hybridized carbons (Fsp3) is 0.105. The summed E-state index contributed by atoms with van der Waals surface area (Å²) in [6, 6.07) is 14.4. The zero-order valence-corrected chi connectivity index (χ0v) is 16.1. The highest BCUT2D eigenvalue weighted by atomic mass is 32.2. The molecule has 4 N–H and O–H groups in total. The zero-order chi connectivity index (χ0) is 20.3. The van der Waals surface area contributed by atoms with Gasteiger partial charge in [-0.25, -0.2) is 18.4 Å². The third kappa shape index (κ3) is 3.65. The molecule has 144 valence electrons. The van der Waals surface area contributed by atoms with E-state index in [2.05, 4.69) is 20.0 Å². The Morgan fingerprint density at radius 3 is 2.46 bits per heavy atom. The second-order valence-electron chi connectivity index (χ2n) is 5.60. The number of carbonyl (C=O) groups excluding carboxylic acids is 1. The quantitative estimate of drug-likeness (QED) is 0.538. The molecule has 1 aliphatic rings. The Bertz CT molecular complexity index is 1190.